The molecular formula is C19H23N5O2. The van der Waals surface area contributed by atoms with Gasteiger partial charge in [0.25, 0.3) is 0 Å². The van der Waals surface area contributed by atoms with E-state index in [0.717, 1.165) is 42.9 Å². The van der Waals surface area contributed by atoms with E-state index < -0.39 is 5.60 Å². The Labute approximate surface area is 152 Å². The first kappa shape index (κ1) is 17.0. The molecule has 136 valence electrons. The highest BCUT2D eigenvalue weighted by molar-refractivity contribution is 5.58. The molecule has 1 atom stereocenters. The average molecular weight is 353 g/mol. The first-order valence-corrected chi connectivity index (χ1v) is 9.15. The molecule has 1 N–H and O–H groups in total. The molecule has 0 aromatic carbocycles. The molecule has 2 aromatic rings. The van der Waals surface area contributed by atoms with Gasteiger partial charge in [-0.25, -0.2) is 4.98 Å². The van der Waals surface area contributed by atoms with Gasteiger partial charge in [0.1, 0.15) is 11.9 Å². The fraction of sp³-hybridized carbons (Fsp3) is 0.579. The Morgan fingerprint density at radius 1 is 1.38 bits per heavy atom. The highest BCUT2D eigenvalue weighted by Gasteiger charge is 2.37. The van der Waals surface area contributed by atoms with Gasteiger partial charge in [0.05, 0.1) is 17.6 Å². The summed E-state index contributed by atoms with van der Waals surface area (Å²) in [6.07, 6.45) is 4.05. The summed E-state index contributed by atoms with van der Waals surface area (Å²) in [5.74, 6) is 2.35. The van der Waals surface area contributed by atoms with Gasteiger partial charge in [-0.3, -0.25) is 0 Å². The maximum absolute atomic E-state index is 11.1. The largest absolute Gasteiger partial charge is 0.388 e. The van der Waals surface area contributed by atoms with Gasteiger partial charge in [-0.1, -0.05) is 5.16 Å². The molecule has 3 heterocycles. The molecule has 4 rings (SSSR count). The number of rotatable bonds is 4. The van der Waals surface area contributed by atoms with Gasteiger partial charge in [0.15, 0.2) is 5.82 Å². The minimum Gasteiger partial charge on any atom is -0.388 e. The number of hydrogen-bond acceptors (Lipinski definition) is 7. The van der Waals surface area contributed by atoms with E-state index in [1.54, 1.807) is 0 Å². The number of nitriles is 1. The van der Waals surface area contributed by atoms with Gasteiger partial charge >= 0.3 is 0 Å². The minimum atomic E-state index is -0.961. The fourth-order valence-electron chi connectivity index (χ4n) is 3.75. The lowest BCUT2D eigenvalue weighted by Gasteiger charge is -2.39. The smallest absolute Gasteiger partial charge is 0.229 e. The summed E-state index contributed by atoms with van der Waals surface area (Å²) in [5.41, 5.74) is 1.40. The second-order valence-electron chi connectivity index (χ2n) is 7.64. The Kier molecular flexibility index (Phi) is 4.16. The predicted octanol–water partition coefficient (Wildman–Crippen LogP) is 2.40. The van der Waals surface area contributed by atoms with E-state index in [2.05, 4.69) is 21.2 Å². The molecule has 1 saturated heterocycles. The van der Waals surface area contributed by atoms with E-state index in [1.165, 1.54) is 0 Å². The normalized spacial score (nSPS) is 23.1. The lowest BCUT2D eigenvalue weighted by atomic mass is 9.89. The number of anilines is 1. The average Bonchev–Trinajstić information content (AvgIpc) is 3.34. The van der Waals surface area contributed by atoms with Crippen LogP contribution in [0.3, 0.4) is 0 Å². The Bertz CT molecular complexity index is 867. The summed E-state index contributed by atoms with van der Waals surface area (Å²) in [4.78, 5) is 11.0. The maximum atomic E-state index is 11.1. The third kappa shape index (κ3) is 3.29. The van der Waals surface area contributed by atoms with Crippen LogP contribution in [-0.4, -0.2) is 38.9 Å². The van der Waals surface area contributed by atoms with E-state index in [9.17, 15) is 10.4 Å². The van der Waals surface area contributed by atoms with Crippen molar-refractivity contribution < 1.29 is 9.63 Å². The minimum absolute atomic E-state index is 0.329. The van der Waals surface area contributed by atoms with Gasteiger partial charge in [0, 0.05) is 24.7 Å². The van der Waals surface area contributed by atoms with Crippen LogP contribution in [0.25, 0.3) is 0 Å². The molecule has 1 unspecified atom stereocenters. The first-order chi connectivity index (χ1) is 12.5. The van der Waals surface area contributed by atoms with Gasteiger partial charge in [0.2, 0.25) is 5.89 Å². The number of aliphatic hydroxyl groups is 1. The maximum Gasteiger partial charge on any atom is 0.229 e. The molecule has 0 spiro atoms. The monoisotopic (exact) mass is 353 g/mol. The Morgan fingerprint density at radius 2 is 2.19 bits per heavy atom. The quantitative estimate of drug-likeness (QED) is 0.901. The number of pyridine rings is 1. The molecule has 7 nitrogen and oxygen atoms in total. The summed E-state index contributed by atoms with van der Waals surface area (Å²) in [6, 6.07) is 4.17. The summed E-state index contributed by atoms with van der Waals surface area (Å²) >= 11 is 0. The lowest BCUT2D eigenvalue weighted by molar-refractivity contribution is 0.0191. The molecule has 26 heavy (non-hydrogen) atoms. The van der Waals surface area contributed by atoms with Crippen molar-refractivity contribution >= 4 is 5.82 Å². The van der Waals surface area contributed by atoms with Crippen molar-refractivity contribution in [2.75, 3.05) is 18.0 Å². The van der Waals surface area contributed by atoms with Crippen LogP contribution < -0.4 is 4.90 Å². The molecule has 7 heteroatoms. The second-order valence-corrected chi connectivity index (χ2v) is 7.64. The van der Waals surface area contributed by atoms with Gasteiger partial charge in [-0.2, -0.15) is 10.2 Å². The molecule has 0 radical (unpaired) electrons. The van der Waals surface area contributed by atoms with Crippen LogP contribution in [0.1, 0.15) is 60.1 Å². The fourth-order valence-corrected chi connectivity index (χ4v) is 3.75. The van der Waals surface area contributed by atoms with Crippen molar-refractivity contribution in [1.82, 2.24) is 15.1 Å². The molecule has 2 aromatic heterocycles. The van der Waals surface area contributed by atoms with Crippen molar-refractivity contribution in [2.24, 2.45) is 0 Å². The molecule has 2 aliphatic rings. The standard InChI is InChI=1S/C19H23N5O2/c1-12-8-13(2)21-18(15(12)10-20)24-7-3-6-19(25,11-24)9-16-22-17(23-26-16)14-4-5-14/h8,14,25H,3-7,9,11H2,1-2H3. The van der Waals surface area contributed by atoms with Gasteiger partial charge in [-0.15, -0.1) is 0 Å². The molecule has 1 saturated carbocycles. The molecule has 1 aliphatic carbocycles. The Hall–Kier alpha value is -2.46. The van der Waals surface area contributed by atoms with Crippen LogP contribution in [0.4, 0.5) is 5.82 Å². The van der Waals surface area contributed by atoms with E-state index in [1.807, 2.05) is 24.8 Å². The van der Waals surface area contributed by atoms with Crippen molar-refractivity contribution in [3.05, 3.63) is 34.6 Å². The Balaban J connectivity index is 1.56. The lowest BCUT2D eigenvalue weighted by Crippen LogP contribution is -2.50. The third-order valence-corrected chi connectivity index (χ3v) is 5.20. The number of piperidine rings is 1. The zero-order chi connectivity index (χ0) is 18.3. The highest BCUT2D eigenvalue weighted by Crippen LogP contribution is 2.38. The number of β-amino-alcohol motifs (C(OH)–C–C–N with tert-alkyl or cyclic N) is 1. The first-order valence-electron chi connectivity index (χ1n) is 9.15. The van der Waals surface area contributed by atoms with Crippen molar-refractivity contribution in [3.8, 4) is 6.07 Å². The summed E-state index contributed by atoms with van der Waals surface area (Å²) in [5, 5.41) is 24.7. The summed E-state index contributed by atoms with van der Waals surface area (Å²) in [7, 11) is 0. The molecule has 0 bridgehead atoms. The molecule has 1 aliphatic heterocycles. The van der Waals surface area contributed by atoms with Crippen molar-refractivity contribution in [3.63, 3.8) is 0 Å². The summed E-state index contributed by atoms with van der Waals surface area (Å²) in [6.45, 7) is 5.01. The van der Waals surface area contributed by atoms with Crippen molar-refractivity contribution in [1.29, 1.82) is 5.26 Å². The Morgan fingerprint density at radius 3 is 2.92 bits per heavy atom. The zero-order valence-electron chi connectivity index (χ0n) is 15.2. The zero-order valence-corrected chi connectivity index (χ0v) is 15.2. The van der Waals surface area contributed by atoms with Crippen LogP contribution in [0.2, 0.25) is 0 Å². The topological polar surface area (TPSA) is 99.1 Å². The number of aryl methyl sites for hydroxylation is 2. The number of hydrogen-bond donors (Lipinski definition) is 1. The van der Waals surface area contributed by atoms with E-state index in [-0.39, 0.29) is 0 Å². The second kappa shape index (κ2) is 6.36. The number of aromatic nitrogens is 3. The SMILES string of the molecule is Cc1cc(C)c(C#N)c(N2CCCC(O)(Cc3nc(C4CC4)no3)C2)n1. The van der Waals surface area contributed by atoms with E-state index in [0.29, 0.717) is 42.6 Å². The van der Waals surface area contributed by atoms with Gasteiger partial charge < -0.3 is 14.5 Å². The van der Waals surface area contributed by atoms with Crippen LogP contribution in [-0.2, 0) is 6.42 Å². The molecule has 2 fully saturated rings. The third-order valence-electron chi connectivity index (χ3n) is 5.20. The van der Waals surface area contributed by atoms with Crippen molar-refractivity contribution in [2.45, 2.75) is 57.5 Å². The summed E-state index contributed by atoms with van der Waals surface area (Å²) < 4.78 is 5.35. The van der Waals surface area contributed by atoms with E-state index >= 15 is 0 Å². The van der Waals surface area contributed by atoms with Crippen LogP contribution >= 0.6 is 0 Å². The molecule has 0 amide bonds. The van der Waals surface area contributed by atoms with Crippen LogP contribution in [0, 0.1) is 25.2 Å². The van der Waals surface area contributed by atoms with Gasteiger partial charge in [-0.05, 0) is 51.2 Å². The van der Waals surface area contributed by atoms with Crippen LogP contribution in [0.15, 0.2) is 10.6 Å². The number of nitrogens with zero attached hydrogens (tertiary/aromatic N) is 5. The van der Waals surface area contributed by atoms with Crippen LogP contribution in [0.5, 0.6) is 0 Å². The highest BCUT2D eigenvalue weighted by atomic mass is 16.5. The van der Waals surface area contributed by atoms with E-state index in [4.69, 9.17) is 4.52 Å². The predicted molar refractivity (Wildman–Crippen MR) is 94.8 cm³/mol. The molecular weight excluding hydrogens is 330 g/mol.